The largest absolute Gasteiger partial charge is 0.430 e. The van der Waals surface area contributed by atoms with Gasteiger partial charge >= 0.3 is 24.1 Å². The van der Waals surface area contributed by atoms with E-state index in [-0.39, 0.29) is 0 Å². The zero-order valence-electron chi connectivity index (χ0n) is 7.80. The van der Waals surface area contributed by atoms with Gasteiger partial charge in [-0.25, -0.2) is 18.7 Å². The van der Waals surface area contributed by atoms with E-state index in [1.165, 1.54) is 0 Å². The maximum absolute atomic E-state index is 11.1. The lowest BCUT2D eigenvalue weighted by molar-refractivity contribution is -0.169. The minimum atomic E-state index is -4.32. The lowest BCUT2D eigenvalue weighted by atomic mass is 10.1. The van der Waals surface area contributed by atoms with Gasteiger partial charge in [0.15, 0.2) is 0 Å². The third-order valence-electron chi connectivity index (χ3n) is 1.17. The zero-order valence-corrected chi connectivity index (χ0v) is 12.6. The van der Waals surface area contributed by atoms with Crippen LogP contribution in [-0.4, -0.2) is 22.6 Å². The summed E-state index contributed by atoms with van der Waals surface area (Å²) in [5.74, 6) is -3.56. The lowest BCUT2D eigenvalue weighted by Crippen LogP contribution is -2.44. The molecule has 7 nitrogen and oxygen atoms in total. The second-order valence-electron chi connectivity index (χ2n) is 2.66. The van der Waals surface area contributed by atoms with E-state index in [9.17, 15) is 23.8 Å². The van der Waals surface area contributed by atoms with Gasteiger partial charge in [-0.3, -0.25) is 0 Å². The van der Waals surface area contributed by atoms with E-state index < -0.39 is 29.7 Å². The second-order valence-corrected chi connectivity index (χ2v) is 11.1. The molecule has 0 unspecified atom stereocenters. The Balaban J connectivity index is 4.90. The zero-order chi connectivity index (χ0) is 14.1. The fourth-order valence-electron chi connectivity index (χ4n) is 0.454. The van der Waals surface area contributed by atoms with E-state index in [1.54, 1.807) is 0 Å². The van der Waals surface area contributed by atoms with Crippen molar-refractivity contribution in [3.63, 3.8) is 0 Å². The molecular weight excluding hydrogens is 364 g/mol. The van der Waals surface area contributed by atoms with Crippen molar-refractivity contribution >= 4 is 69.1 Å². The molecule has 0 saturated carbocycles. The van der Waals surface area contributed by atoms with E-state index >= 15 is 0 Å². The molecule has 0 spiro atoms. The molecule has 0 aromatic carbocycles. The molecule has 0 atom stereocenters. The maximum Gasteiger partial charge on any atom is 0.430 e. The highest BCUT2D eigenvalue weighted by atomic mass is 35.9. The minimum absolute atomic E-state index is 0.588. The summed E-state index contributed by atoms with van der Waals surface area (Å²) in [4.78, 5) is 22.2. The molecule has 0 aliphatic rings. The van der Waals surface area contributed by atoms with Crippen LogP contribution in [0.2, 0.25) is 0 Å². The quantitative estimate of drug-likeness (QED) is 0.601. The first-order chi connectivity index (χ1) is 7.26. The van der Waals surface area contributed by atoms with Gasteiger partial charge in [0, 0.05) is 45.0 Å². The van der Waals surface area contributed by atoms with Crippen LogP contribution in [0.15, 0.2) is 0 Å². The average Bonchev–Trinajstić information content (AvgIpc) is 1.96. The Hall–Kier alpha value is 0.520. The fourth-order valence-corrected chi connectivity index (χ4v) is 1.95. The van der Waals surface area contributed by atoms with Crippen molar-refractivity contribution in [3.05, 3.63) is 0 Å². The molecule has 0 amide bonds. The Morgan fingerprint density at radius 2 is 1.24 bits per heavy atom. The summed E-state index contributed by atoms with van der Waals surface area (Å²) in [7, 11) is 0. The first-order valence-electron chi connectivity index (χ1n) is 3.45. The summed E-state index contributed by atoms with van der Waals surface area (Å²) in [6, 6.07) is 0. The molecule has 0 heterocycles. The number of carbonyl (C=O) groups excluding carboxylic acids is 2. The number of halogens is 4. The fraction of sp³-hybridized carbons (Fsp3) is 0.500. The monoisotopic (exact) mass is 366 g/mol. The Labute approximate surface area is 114 Å². The van der Waals surface area contributed by atoms with Crippen LogP contribution in [0.1, 0.15) is 6.92 Å². The predicted octanol–water partition coefficient (Wildman–Crippen LogP) is 3.00. The summed E-state index contributed by atoms with van der Waals surface area (Å²) in [5, 5.41) is 9.35. The highest BCUT2D eigenvalue weighted by Crippen LogP contribution is 2.59. The maximum atomic E-state index is 11.1. The van der Waals surface area contributed by atoms with Crippen molar-refractivity contribution < 1.29 is 32.9 Å². The van der Waals surface area contributed by atoms with Gasteiger partial charge in [0.25, 0.3) is 5.60 Å². The van der Waals surface area contributed by atoms with Crippen LogP contribution < -0.4 is 0 Å². The highest BCUT2D eigenvalue weighted by molar-refractivity contribution is 8.05. The van der Waals surface area contributed by atoms with Crippen LogP contribution in [0.5, 0.6) is 0 Å². The molecule has 0 rings (SSSR count). The minimum Gasteiger partial charge on any atom is -0.387 e. The van der Waals surface area contributed by atoms with Crippen molar-refractivity contribution in [1.82, 2.24) is 0 Å². The summed E-state index contributed by atoms with van der Waals surface area (Å²) >= 11 is 19.5. The summed E-state index contributed by atoms with van der Waals surface area (Å²) in [5.41, 5.74) is -2.97. The Morgan fingerprint density at radius 1 is 1.00 bits per heavy atom. The topological polar surface area (TPSA) is 107 Å². The van der Waals surface area contributed by atoms with Gasteiger partial charge < -0.3 is 14.2 Å². The smallest absolute Gasteiger partial charge is 0.387 e. The molecule has 0 bridgehead atoms. The highest BCUT2D eigenvalue weighted by Gasteiger charge is 2.47. The van der Waals surface area contributed by atoms with Gasteiger partial charge in [0.1, 0.15) is 0 Å². The van der Waals surface area contributed by atoms with Crippen LogP contribution in [0, 0.1) is 0 Å². The van der Waals surface area contributed by atoms with Crippen LogP contribution in [0.25, 0.3) is 0 Å². The van der Waals surface area contributed by atoms with Gasteiger partial charge in [-0.05, 0) is 6.92 Å². The summed E-state index contributed by atoms with van der Waals surface area (Å²) in [6.07, 6.45) is -8.63. The Morgan fingerprint density at radius 3 is 1.41 bits per heavy atom. The predicted molar refractivity (Wildman–Crippen MR) is 61.4 cm³/mol. The summed E-state index contributed by atoms with van der Waals surface area (Å²) in [6.45, 7) is 0.588. The van der Waals surface area contributed by atoms with E-state index in [0.717, 1.165) is 0 Å². The van der Waals surface area contributed by atoms with Gasteiger partial charge in [0.05, 0.1) is 0 Å². The number of hydrogen-bond donors (Lipinski definition) is 1. The normalized spacial score (nSPS) is 13.1. The molecule has 17 heavy (non-hydrogen) atoms. The molecule has 0 radical (unpaired) electrons. The number of rotatable bonds is 4. The lowest BCUT2D eigenvalue weighted by Gasteiger charge is -2.19. The van der Waals surface area contributed by atoms with Gasteiger partial charge in [-0.1, -0.05) is 0 Å². The molecule has 0 saturated heterocycles. The Kier molecular flexibility index (Phi) is 5.83. The van der Waals surface area contributed by atoms with Gasteiger partial charge in [0.2, 0.25) is 0 Å². The molecule has 0 aromatic rings. The third kappa shape index (κ3) is 6.87. The van der Waals surface area contributed by atoms with Crippen LogP contribution in [-0.2, 0) is 27.8 Å². The van der Waals surface area contributed by atoms with Crippen molar-refractivity contribution in [2.45, 2.75) is 12.5 Å². The molecule has 0 aromatic heterocycles. The molecule has 0 aliphatic carbocycles. The van der Waals surface area contributed by atoms with Crippen LogP contribution in [0.4, 0.5) is 0 Å². The van der Waals surface area contributed by atoms with Crippen molar-refractivity contribution in [2.24, 2.45) is 0 Å². The van der Waals surface area contributed by atoms with Crippen molar-refractivity contribution in [1.29, 1.82) is 0 Å². The van der Waals surface area contributed by atoms with E-state index in [0.29, 0.717) is 6.92 Å². The first kappa shape index (κ1) is 17.5. The molecule has 0 fully saturated rings. The van der Waals surface area contributed by atoms with Gasteiger partial charge in [-0.15, -0.1) is 0 Å². The van der Waals surface area contributed by atoms with E-state index in [2.05, 4.69) is 9.05 Å². The standard InChI is InChI=1S/C4H4Cl4O7P2/c1-4(11,2(9)14-16(5,6)12)3(10)15-17(7,8)13/h11H,1H3. The average molecular weight is 368 g/mol. The van der Waals surface area contributed by atoms with Crippen LogP contribution in [0.3, 0.4) is 0 Å². The summed E-state index contributed by atoms with van der Waals surface area (Å²) < 4.78 is 29.1. The number of aliphatic hydroxyl groups is 1. The SMILES string of the molecule is CC(O)(C(=O)OP(=O)(Cl)Cl)C(=O)OP(=O)(Cl)Cl. The van der Waals surface area contributed by atoms with E-state index in [1.807, 2.05) is 0 Å². The third-order valence-corrected chi connectivity index (χ3v) is 2.76. The Bertz CT molecular complexity index is 384. The van der Waals surface area contributed by atoms with Crippen molar-refractivity contribution in [3.8, 4) is 0 Å². The molecule has 1 N–H and O–H groups in total. The van der Waals surface area contributed by atoms with Crippen LogP contribution >= 0.6 is 57.1 Å². The van der Waals surface area contributed by atoms with Gasteiger partial charge in [-0.2, -0.15) is 0 Å². The molecule has 13 heteroatoms. The van der Waals surface area contributed by atoms with Crippen molar-refractivity contribution in [2.75, 3.05) is 0 Å². The molecule has 0 aliphatic heterocycles. The molecule has 100 valence electrons. The first-order valence-corrected chi connectivity index (χ1v) is 10.3. The second kappa shape index (κ2) is 5.66. The molecular formula is C4H4Cl4O7P2. The van der Waals surface area contributed by atoms with E-state index in [4.69, 9.17) is 45.0 Å². The number of hydrogen-bond acceptors (Lipinski definition) is 7. The number of carbonyl (C=O) groups is 2.